The number of amides is 2. The van der Waals surface area contributed by atoms with Crippen molar-refractivity contribution in [2.75, 3.05) is 13.1 Å². The van der Waals surface area contributed by atoms with Crippen LogP contribution in [0.2, 0.25) is 0 Å². The number of hydrogen-bond donors (Lipinski definition) is 0. The Balaban J connectivity index is 1.65. The van der Waals surface area contributed by atoms with Crippen LogP contribution in [-0.2, 0) is 4.79 Å². The maximum Gasteiger partial charge on any atom is 0.254 e. The van der Waals surface area contributed by atoms with Crippen molar-refractivity contribution in [3.63, 3.8) is 0 Å². The van der Waals surface area contributed by atoms with Gasteiger partial charge in [0.25, 0.3) is 5.91 Å². The molecule has 5 nitrogen and oxygen atoms in total. The van der Waals surface area contributed by atoms with E-state index in [1.54, 1.807) is 11.0 Å². The summed E-state index contributed by atoms with van der Waals surface area (Å²) in [5, 5.41) is 0.923. The normalized spacial score (nSPS) is 24.3. The lowest BCUT2D eigenvalue weighted by Gasteiger charge is -2.41. The summed E-state index contributed by atoms with van der Waals surface area (Å²) in [5.41, 5.74) is 1.40. The third kappa shape index (κ3) is 2.22. The van der Waals surface area contributed by atoms with Gasteiger partial charge < -0.3 is 14.2 Å². The highest BCUT2D eigenvalue weighted by atomic mass is 16.3. The van der Waals surface area contributed by atoms with E-state index in [1.807, 2.05) is 36.9 Å². The van der Waals surface area contributed by atoms with Crippen LogP contribution < -0.4 is 0 Å². The van der Waals surface area contributed by atoms with E-state index in [1.165, 1.54) is 0 Å². The van der Waals surface area contributed by atoms with Crippen molar-refractivity contribution in [2.45, 2.75) is 38.8 Å². The summed E-state index contributed by atoms with van der Waals surface area (Å²) in [6.45, 7) is 5.18. The molecule has 1 aromatic heterocycles. The summed E-state index contributed by atoms with van der Waals surface area (Å²) in [6.07, 6.45) is 2.02. The third-order valence-corrected chi connectivity index (χ3v) is 5.04. The van der Waals surface area contributed by atoms with Crippen LogP contribution in [-0.4, -0.2) is 46.8 Å². The van der Waals surface area contributed by atoms with Crippen LogP contribution in [0.1, 0.15) is 35.9 Å². The second-order valence-corrected chi connectivity index (χ2v) is 6.57. The number of aryl methyl sites for hydroxylation is 1. The Morgan fingerprint density at radius 2 is 2.13 bits per heavy atom. The highest BCUT2D eigenvalue weighted by molar-refractivity contribution is 6.00. The molecule has 2 aliphatic heterocycles. The molecule has 0 aliphatic carbocycles. The zero-order valence-electron chi connectivity index (χ0n) is 13.4. The lowest BCUT2D eigenvalue weighted by molar-refractivity contribution is -0.141. The van der Waals surface area contributed by atoms with Gasteiger partial charge in [0.2, 0.25) is 5.91 Å². The van der Waals surface area contributed by atoms with Crippen LogP contribution >= 0.6 is 0 Å². The second-order valence-electron chi connectivity index (χ2n) is 6.57. The van der Waals surface area contributed by atoms with Crippen LogP contribution in [0.25, 0.3) is 11.0 Å². The van der Waals surface area contributed by atoms with E-state index in [0.717, 1.165) is 36.1 Å². The lowest BCUT2D eigenvalue weighted by atomic mass is 10.0. The largest absolute Gasteiger partial charge is 0.461 e. The number of rotatable bonds is 1. The van der Waals surface area contributed by atoms with E-state index in [9.17, 15) is 9.59 Å². The Labute approximate surface area is 134 Å². The summed E-state index contributed by atoms with van der Waals surface area (Å²) in [4.78, 5) is 29.1. The average Bonchev–Trinajstić information content (AvgIpc) is 3.14. The fourth-order valence-electron chi connectivity index (χ4n) is 3.81. The molecule has 2 fully saturated rings. The highest BCUT2D eigenvalue weighted by Crippen LogP contribution is 2.28. The number of piperazine rings is 1. The smallest absolute Gasteiger partial charge is 0.254 e. The lowest BCUT2D eigenvalue weighted by Crippen LogP contribution is -2.60. The van der Waals surface area contributed by atoms with Gasteiger partial charge in [-0.1, -0.05) is 0 Å². The molecular weight excluding hydrogens is 292 g/mol. The van der Waals surface area contributed by atoms with Crippen LogP contribution in [0.5, 0.6) is 0 Å². The van der Waals surface area contributed by atoms with E-state index in [4.69, 9.17) is 4.42 Å². The number of benzene rings is 1. The molecule has 23 heavy (non-hydrogen) atoms. The quantitative estimate of drug-likeness (QED) is 0.813. The number of carbonyl (C=O) groups excluding carboxylic acids is 2. The van der Waals surface area contributed by atoms with Crippen LogP contribution in [0, 0.1) is 6.92 Å². The molecule has 2 aromatic rings. The molecule has 2 saturated heterocycles. The van der Waals surface area contributed by atoms with Crippen molar-refractivity contribution in [3.05, 3.63) is 35.6 Å². The van der Waals surface area contributed by atoms with Crippen molar-refractivity contribution < 1.29 is 14.0 Å². The van der Waals surface area contributed by atoms with E-state index < -0.39 is 6.04 Å². The molecule has 0 bridgehead atoms. The van der Waals surface area contributed by atoms with Crippen molar-refractivity contribution in [1.82, 2.24) is 9.80 Å². The number of nitrogens with zero attached hydrogens (tertiary/aromatic N) is 2. The van der Waals surface area contributed by atoms with E-state index in [0.29, 0.717) is 12.1 Å². The Bertz CT molecular complexity index is 795. The zero-order valence-corrected chi connectivity index (χ0v) is 13.4. The first kappa shape index (κ1) is 14.3. The molecule has 2 amide bonds. The molecular formula is C18H20N2O3. The molecule has 4 rings (SSSR count). The van der Waals surface area contributed by atoms with Gasteiger partial charge >= 0.3 is 0 Å². The second kappa shape index (κ2) is 5.11. The van der Waals surface area contributed by atoms with E-state index in [2.05, 4.69) is 0 Å². The number of fused-ring (bicyclic) bond motifs is 2. The van der Waals surface area contributed by atoms with Gasteiger partial charge in [-0.15, -0.1) is 0 Å². The Hall–Kier alpha value is -2.30. The number of furan rings is 1. The van der Waals surface area contributed by atoms with Gasteiger partial charge in [0.05, 0.1) is 0 Å². The van der Waals surface area contributed by atoms with Crippen LogP contribution in [0.3, 0.4) is 0 Å². The van der Waals surface area contributed by atoms with Crippen molar-refractivity contribution in [3.8, 4) is 0 Å². The fourth-order valence-corrected chi connectivity index (χ4v) is 3.81. The number of hydrogen-bond acceptors (Lipinski definition) is 3. The highest BCUT2D eigenvalue weighted by Gasteiger charge is 2.42. The van der Waals surface area contributed by atoms with Crippen molar-refractivity contribution in [1.29, 1.82) is 0 Å². The summed E-state index contributed by atoms with van der Waals surface area (Å²) < 4.78 is 5.56. The first-order chi connectivity index (χ1) is 11.0. The van der Waals surface area contributed by atoms with Gasteiger partial charge in [0.15, 0.2) is 0 Å². The molecule has 3 heterocycles. The van der Waals surface area contributed by atoms with E-state index in [-0.39, 0.29) is 17.9 Å². The Morgan fingerprint density at radius 3 is 2.96 bits per heavy atom. The molecule has 2 atom stereocenters. The van der Waals surface area contributed by atoms with Gasteiger partial charge in [-0.05, 0) is 51.0 Å². The minimum atomic E-state index is -0.390. The van der Waals surface area contributed by atoms with Crippen LogP contribution in [0.15, 0.2) is 28.7 Å². The van der Waals surface area contributed by atoms with Crippen molar-refractivity contribution in [2.24, 2.45) is 0 Å². The zero-order chi connectivity index (χ0) is 16.1. The minimum Gasteiger partial charge on any atom is -0.461 e. The molecule has 0 spiro atoms. The van der Waals surface area contributed by atoms with E-state index >= 15 is 0 Å². The fraction of sp³-hybridized carbons (Fsp3) is 0.444. The average molecular weight is 312 g/mol. The maximum atomic E-state index is 12.9. The van der Waals surface area contributed by atoms with Gasteiger partial charge in [-0.3, -0.25) is 9.59 Å². The molecule has 1 aromatic carbocycles. The topological polar surface area (TPSA) is 53.8 Å². The Kier molecular flexibility index (Phi) is 3.18. The number of carbonyl (C=O) groups is 2. The molecule has 120 valence electrons. The molecule has 0 N–H and O–H groups in total. The first-order valence-corrected chi connectivity index (χ1v) is 8.16. The SMILES string of the molecule is Cc1cc2cc(C(=O)N3C[C@@H]4CCCN4C(=O)[C@H]3C)ccc2o1. The molecule has 5 heteroatoms. The molecule has 0 saturated carbocycles. The van der Waals surface area contributed by atoms with Gasteiger partial charge in [0.1, 0.15) is 17.4 Å². The van der Waals surface area contributed by atoms with Gasteiger partial charge in [-0.25, -0.2) is 0 Å². The summed E-state index contributed by atoms with van der Waals surface area (Å²) in [5.74, 6) is 0.832. The first-order valence-electron chi connectivity index (χ1n) is 8.16. The monoisotopic (exact) mass is 312 g/mol. The minimum absolute atomic E-state index is 0.0712. The summed E-state index contributed by atoms with van der Waals surface area (Å²) >= 11 is 0. The predicted molar refractivity (Wildman–Crippen MR) is 86.2 cm³/mol. The van der Waals surface area contributed by atoms with Gasteiger partial charge in [0, 0.05) is 30.1 Å². The summed E-state index contributed by atoms with van der Waals surface area (Å²) in [7, 11) is 0. The standard InChI is InChI=1S/C18H20N2O3/c1-11-8-14-9-13(5-6-16(14)23-11)18(22)20-10-15-4-3-7-19(15)17(21)12(20)2/h5-6,8-9,12,15H,3-4,7,10H2,1-2H3/t12-,15+/m1/s1. The van der Waals surface area contributed by atoms with Crippen molar-refractivity contribution >= 4 is 22.8 Å². The Morgan fingerprint density at radius 1 is 1.30 bits per heavy atom. The summed E-state index contributed by atoms with van der Waals surface area (Å²) in [6, 6.07) is 7.18. The predicted octanol–water partition coefficient (Wildman–Crippen LogP) is 2.58. The third-order valence-electron chi connectivity index (χ3n) is 5.04. The molecule has 0 unspecified atom stereocenters. The van der Waals surface area contributed by atoms with Crippen LogP contribution in [0.4, 0.5) is 0 Å². The van der Waals surface area contributed by atoms with Gasteiger partial charge in [-0.2, -0.15) is 0 Å². The maximum absolute atomic E-state index is 12.9. The molecule has 0 radical (unpaired) electrons. The molecule has 2 aliphatic rings.